The summed E-state index contributed by atoms with van der Waals surface area (Å²) in [7, 11) is 0. The molecule has 1 fully saturated rings. The van der Waals surface area contributed by atoms with Crippen molar-refractivity contribution in [1.82, 2.24) is 0 Å². The van der Waals surface area contributed by atoms with E-state index in [0.29, 0.717) is 19.3 Å². The molecule has 1 unspecified atom stereocenters. The van der Waals surface area contributed by atoms with Gasteiger partial charge < -0.3 is 15.6 Å². The molecule has 0 radical (unpaired) electrons. The molecule has 3 heteroatoms. The molecule has 17 heavy (non-hydrogen) atoms. The molecule has 1 saturated carbocycles. The van der Waals surface area contributed by atoms with Crippen LogP contribution in [0, 0.1) is 0 Å². The first-order chi connectivity index (χ1) is 8.16. The highest BCUT2D eigenvalue weighted by Gasteiger charge is 2.43. The molecule has 1 aromatic carbocycles. The molecule has 0 aromatic heterocycles. The van der Waals surface area contributed by atoms with Crippen molar-refractivity contribution < 1.29 is 9.84 Å². The van der Waals surface area contributed by atoms with E-state index >= 15 is 0 Å². The van der Waals surface area contributed by atoms with Crippen molar-refractivity contribution in [2.45, 2.75) is 43.4 Å². The van der Waals surface area contributed by atoms with Crippen LogP contribution in [0.5, 0.6) is 0 Å². The third-order valence-electron chi connectivity index (χ3n) is 3.94. The van der Waals surface area contributed by atoms with Gasteiger partial charge in [0.15, 0.2) is 0 Å². The highest BCUT2D eigenvalue weighted by molar-refractivity contribution is 5.31. The molecular formula is C14H19NO2. The standard InChI is InChI=1S/C14H19NO2/c15-11-7-14(16,8-11)9-13-12-4-2-1-3-10(12)5-6-17-13/h1-4,11,13,16H,5-9,15H2. The average molecular weight is 233 g/mol. The van der Waals surface area contributed by atoms with E-state index in [2.05, 4.69) is 18.2 Å². The summed E-state index contributed by atoms with van der Waals surface area (Å²) in [5, 5.41) is 10.3. The Labute approximate surface area is 102 Å². The van der Waals surface area contributed by atoms with Gasteiger partial charge in [-0.2, -0.15) is 0 Å². The number of benzene rings is 1. The minimum Gasteiger partial charge on any atom is -0.390 e. The van der Waals surface area contributed by atoms with E-state index in [4.69, 9.17) is 10.5 Å². The van der Waals surface area contributed by atoms with Crippen LogP contribution in [0.4, 0.5) is 0 Å². The highest BCUT2D eigenvalue weighted by atomic mass is 16.5. The van der Waals surface area contributed by atoms with Crippen molar-refractivity contribution in [1.29, 1.82) is 0 Å². The predicted molar refractivity (Wildman–Crippen MR) is 65.6 cm³/mol. The van der Waals surface area contributed by atoms with Crippen molar-refractivity contribution >= 4 is 0 Å². The monoisotopic (exact) mass is 233 g/mol. The molecule has 1 aromatic rings. The van der Waals surface area contributed by atoms with Crippen molar-refractivity contribution in [2.75, 3.05) is 6.61 Å². The molecule has 1 aliphatic heterocycles. The molecule has 1 aliphatic carbocycles. The predicted octanol–water partition coefficient (Wildman–Crippen LogP) is 1.54. The zero-order valence-electron chi connectivity index (χ0n) is 9.93. The largest absolute Gasteiger partial charge is 0.390 e. The second-order valence-corrected chi connectivity index (χ2v) is 5.41. The molecule has 92 valence electrons. The summed E-state index contributed by atoms with van der Waals surface area (Å²) in [6, 6.07) is 8.54. The Morgan fingerprint density at radius 2 is 2.12 bits per heavy atom. The third kappa shape index (κ3) is 2.10. The van der Waals surface area contributed by atoms with Crippen LogP contribution in [0.2, 0.25) is 0 Å². The Balaban J connectivity index is 1.77. The van der Waals surface area contributed by atoms with Crippen LogP contribution in [0.3, 0.4) is 0 Å². The van der Waals surface area contributed by atoms with Crippen LogP contribution in [-0.4, -0.2) is 23.4 Å². The molecule has 2 aliphatic rings. The molecule has 0 bridgehead atoms. The Bertz CT molecular complexity index is 412. The van der Waals surface area contributed by atoms with Gasteiger partial charge in [0.25, 0.3) is 0 Å². The second-order valence-electron chi connectivity index (χ2n) is 5.41. The number of ether oxygens (including phenoxy) is 1. The zero-order valence-corrected chi connectivity index (χ0v) is 9.93. The number of nitrogens with two attached hydrogens (primary N) is 1. The number of rotatable bonds is 2. The van der Waals surface area contributed by atoms with E-state index in [1.54, 1.807) is 0 Å². The van der Waals surface area contributed by atoms with Gasteiger partial charge in [0.05, 0.1) is 18.3 Å². The van der Waals surface area contributed by atoms with Gasteiger partial charge in [-0.3, -0.25) is 0 Å². The van der Waals surface area contributed by atoms with Crippen LogP contribution >= 0.6 is 0 Å². The summed E-state index contributed by atoms with van der Waals surface area (Å²) in [5.74, 6) is 0. The number of hydrogen-bond donors (Lipinski definition) is 2. The van der Waals surface area contributed by atoms with Gasteiger partial charge in [0.1, 0.15) is 0 Å². The van der Waals surface area contributed by atoms with Gasteiger partial charge in [-0.15, -0.1) is 0 Å². The maximum atomic E-state index is 10.3. The van der Waals surface area contributed by atoms with Gasteiger partial charge in [-0.05, 0) is 30.4 Å². The van der Waals surface area contributed by atoms with Crippen LogP contribution < -0.4 is 5.73 Å². The molecule has 0 saturated heterocycles. The molecular weight excluding hydrogens is 214 g/mol. The lowest BCUT2D eigenvalue weighted by Crippen LogP contribution is -2.52. The molecule has 0 amide bonds. The Hall–Kier alpha value is -0.900. The number of aliphatic hydroxyl groups is 1. The fourth-order valence-electron chi connectivity index (χ4n) is 3.07. The molecule has 0 spiro atoms. The molecule has 3 N–H and O–H groups in total. The topological polar surface area (TPSA) is 55.5 Å². The highest BCUT2D eigenvalue weighted by Crippen LogP contribution is 2.41. The van der Waals surface area contributed by atoms with Crippen LogP contribution in [0.15, 0.2) is 24.3 Å². The number of hydrogen-bond acceptors (Lipinski definition) is 3. The lowest BCUT2D eigenvalue weighted by Gasteiger charge is -2.44. The molecule has 1 atom stereocenters. The first-order valence-corrected chi connectivity index (χ1v) is 6.34. The maximum absolute atomic E-state index is 10.3. The minimum absolute atomic E-state index is 0.0393. The minimum atomic E-state index is -0.603. The molecule has 3 rings (SSSR count). The van der Waals surface area contributed by atoms with Gasteiger partial charge in [0, 0.05) is 12.5 Å². The summed E-state index contributed by atoms with van der Waals surface area (Å²) < 4.78 is 5.81. The second kappa shape index (κ2) is 4.09. The third-order valence-corrected chi connectivity index (χ3v) is 3.94. The fourth-order valence-corrected chi connectivity index (χ4v) is 3.07. The average Bonchev–Trinajstić information content (AvgIpc) is 2.28. The summed E-state index contributed by atoms with van der Waals surface area (Å²) in [6.07, 6.45) is 3.10. The Kier molecular flexibility index (Phi) is 2.69. The Morgan fingerprint density at radius 1 is 1.35 bits per heavy atom. The fraction of sp³-hybridized carbons (Fsp3) is 0.571. The van der Waals surface area contributed by atoms with E-state index in [9.17, 15) is 5.11 Å². The van der Waals surface area contributed by atoms with Crippen molar-refractivity contribution in [3.8, 4) is 0 Å². The first kappa shape index (κ1) is 11.2. The van der Waals surface area contributed by atoms with E-state index in [-0.39, 0.29) is 12.1 Å². The van der Waals surface area contributed by atoms with Crippen LogP contribution in [0.25, 0.3) is 0 Å². The van der Waals surface area contributed by atoms with Gasteiger partial charge in [0.2, 0.25) is 0 Å². The first-order valence-electron chi connectivity index (χ1n) is 6.34. The summed E-state index contributed by atoms with van der Waals surface area (Å²) in [5.41, 5.74) is 7.75. The zero-order chi connectivity index (χ0) is 11.9. The smallest absolute Gasteiger partial charge is 0.0855 e. The lowest BCUT2D eigenvalue weighted by atomic mass is 9.72. The van der Waals surface area contributed by atoms with Crippen molar-refractivity contribution in [3.63, 3.8) is 0 Å². The van der Waals surface area contributed by atoms with E-state index in [1.165, 1.54) is 11.1 Å². The van der Waals surface area contributed by atoms with E-state index in [1.807, 2.05) is 6.07 Å². The van der Waals surface area contributed by atoms with E-state index in [0.717, 1.165) is 13.0 Å². The maximum Gasteiger partial charge on any atom is 0.0855 e. The van der Waals surface area contributed by atoms with Crippen molar-refractivity contribution in [2.24, 2.45) is 5.73 Å². The van der Waals surface area contributed by atoms with Crippen LogP contribution in [-0.2, 0) is 11.2 Å². The van der Waals surface area contributed by atoms with Crippen molar-refractivity contribution in [3.05, 3.63) is 35.4 Å². The number of fused-ring (bicyclic) bond motifs is 1. The molecule has 1 heterocycles. The van der Waals surface area contributed by atoms with Crippen LogP contribution in [0.1, 0.15) is 36.5 Å². The quantitative estimate of drug-likeness (QED) is 0.814. The summed E-state index contributed by atoms with van der Waals surface area (Å²) in [6.45, 7) is 0.754. The van der Waals surface area contributed by atoms with Gasteiger partial charge in [-0.25, -0.2) is 0 Å². The lowest BCUT2D eigenvalue weighted by molar-refractivity contribution is -0.0964. The summed E-state index contributed by atoms with van der Waals surface area (Å²) >= 11 is 0. The normalized spacial score (nSPS) is 36.1. The molecule has 3 nitrogen and oxygen atoms in total. The van der Waals surface area contributed by atoms with Gasteiger partial charge in [-0.1, -0.05) is 24.3 Å². The SMILES string of the molecule is NC1CC(O)(CC2OCCc3ccccc32)C1. The van der Waals surface area contributed by atoms with E-state index < -0.39 is 5.60 Å². The van der Waals surface area contributed by atoms with Gasteiger partial charge >= 0.3 is 0 Å². The summed E-state index contributed by atoms with van der Waals surface area (Å²) in [4.78, 5) is 0. The Morgan fingerprint density at radius 3 is 2.88 bits per heavy atom.